The second-order valence-electron chi connectivity index (χ2n) is 11.3. The third-order valence-corrected chi connectivity index (χ3v) is 8.67. The van der Waals surface area contributed by atoms with Gasteiger partial charge in [-0.05, 0) is 35.3 Å². The van der Waals surface area contributed by atoms with Crippen LogP contribution >= 0.6 is 11.3 Å². The van der Waals surface area contributed by atoms with Crippen molar-refractivity contribution in [2.75, 3.05) is 12.4 Å². The van der Waals surface area contributed by atoms with Gasteiger partial charge in [-0.2, -0.15) is 0 Å². The van der Waals surface area contributed by atoms with Crippen molar-refractivity contribution in [1.82, 2.24) is 4.98 Å². The molecule has 0 spiro atoms. The quantitative estimate of drug-likeness (QED) is 0.170. The molecule has 0 amide bonds. The maximum absolute atomic E-state index is 13.2. The number of ether oxygens (including phenoxy) is 2. The van der Waals surface area contributed by atoms with Crippen molar-refractivity contribution in [1.29, 1.82) is 0 Å². The molecule has 1 aromatic heterocycles. The number of aromatic nitrogens is 1. The van der Waals surface area contributed by atoms with Crippen LogP contribution in [0.15, 0.2) is 108 Å². The van der Waals surface area contributed by atoms with Gasteiger partial charge in [-0.1, -0.05) is 105 Å². The average molecular weight is 581 g/mol. The highest BCUT2D eigenvalue weighted by atomic mass is 32.1. The molecule has 0 radical (unpaired) electrons. The third kappa shape index (κ3) is 6.08. The molecule has 7 heteroatoms. The minimum absolute atomic E-state index is 0.00679. The number of hydrogen-bond acceptors (Lipinski definition) is 7. The summed E-state index contributed by atoms with van der Waals surface area (Å²) in [5.41, 5.74) is 3.14. The van der Waals surface area contributed by atoms with Crippen LogP contribution in [-0.4, -0.2) is 36.1 Å². The Labute approximate surface area is 251 Å². The van der Waals surface area contributed by atoms with Gasteiger partial charge in [0.1, 0.15) is 17.7 Å². The molecule has 1 N–H and O–H groups in total. The van der Waals surface area contributed by atoms with Gasteiger partial charge in [-0.15, -0.1) is 11.3 Å². The van der Waals surface area contributed by atoms with E-state index < -0.39 is 29.1 Å². The van der Waals surface area contributed by atoms with Crippen molar-refractivity contribution < 1.29 is 19.1 Å². The van der Waals surface area contributed by atoms with E-state index in [0.717, 1.165) is 16.7 Å². The molecule has 0 saturated heterocycles. The van der Waals surface area contributed by atoms with Crippen molar-refractivity contribution in [3.8, 4) is 0 Å². The van der Waals surface area contributed by atoms with E-state index in [1.807, 2.05) is 73.8 Å². The Hall–Kier alpha value is -4.07. The van der Waals surface area contributed by atoms with E-state index in [-0.39, 0.29) is 18.6 Å². The van der Waals surface area contributed by atoms with E-state index in [2.05, 4.69) is 41.7 Å². The number of esters is 1. The lowest BCUT2D eigenvalue weighted by molar-refractivity contribution is -0.164. The molecule has 1 aliphatic carbocycles. The Kier molecular flexibility index (Phi) is 8.71. The standard InChI is InChI=1S/C35H36N2O4S/c1-24-20-30(40-4)32(34(2,3)22-29(24)38)41-31(39)21-28-23-42-33(36-28)37-35(25-14-8-5-9-15-25,26-16-10-6-11-17-26)27-18-12-7-13-19-27/h5-20,23,30,32H,21-22H2,1-4H3,(H,36,37). The first kappa shape index (κ1) is 29.4. The average Bonchev–Trinajstić information content (AvgIpc) is 3.41. The normalized spacial score (nSPS) is 18.6. The summed E-state index contributed by atoms with van der Waals surface area (Å²) in [4.78, 5) is 30.6. The molecule has 1 aliphatic rings. The van der Waals surface area contributed by atoms with Crippen molar-refractivity contribution in [2.45, 2.75) is 51.4 Å². The molecule has 0 aliphatic heterocycles. The number of methoxy groups -OCH3 is 1. The van der Waals surface area contributed by atoms with Crippen LogP contribution in [0.3, 0.4) is 0 Å². The van der Waals surface area contributed by atoms with Crippen molar-refractivity contribution in [3.63, 3.8) is 0 Å². The molecule has 42 heavy (non-hydrogen) atoms. The molecular weight excluding hydrogens is 544 g/mol. The van der Waals surface area contributed by atoms with E-state index in [9.17, 15) is 9.59 Å². The first-order chi connectivity index (χ1) is 20.2. The lowest BCUT2D eigenvalue weighted by atomic mass is 9.77. The number of benzene rings is 3. The maximum Gasteiger partial charge on any atom is 0.312 e. The van der Waals surface area contributed by atoms with Crippen LogP contribution < -0.4 is 5.32 Å². The largest absolute Gasteiger partial charge is 0.458 e. The van der Waals surface area contributed by atoms with E-state index in [1.165, 1.54) is 11.3 Å². The summed E-state index contributed by atoms with van der Waals surface area (Å²) < 4.78 is 11.6. The molecular formula is C35H36N2O4S. The number of rotatable bonds is 9. The number of carbonyl (C=O) groups is 2. The fraction of sp³-hybridized carbons (Fsp3) is 0.286. The maximum atomic E-state index is 13.2. The van der Waals surface area contributed by atoms with E-state index in [0.29, 0.717) is 16.4 Å². The van der Waals surface area contributed by atoms with Crippen LogP contribution in [0.1, 0.15) is 49.6 Å². The number of anilines is 1. The molecule has 3 aromatic carbocycles. The Balaban J connectivity index is 1.43. The summed E-state index contributed by atoms with van der Waals surface area (Å²) in [5.74, 6) is -0.373. The monoisotopic (exact) mass is 580 g/mol. The fourth-order valence-electron chi connectivity index (χ4n) is 5.66. The molecule has 6 nitrogen and oxygen atoms in total. The second kappa shape index (κ2) is 12.4. The Bertz CT molecular complexity index is 1450. The number of Topliss-reactive ketones (excluding diaryl/α,β-unsaturated/α-hetero) is 1. The van der Waals surface area contributed by atoms with Gasteiger partial charge in [-0.3, -0.25) is 9.59 Å². The predicted molar refractivity (Wildman–Crippen MR) is 166 cm³/mol. The summed E-state index contributed by atoms with van der Waals surface area (Å²) in [5, 5.41) is 6.32. The smallest absolute Gasteiger partial charge is 0.312 e. The highest BCUT2D eigenvalue weighted by Crippen LogP contribution is 2.41. The highest BCUT2D eigenvalue weighted by molar-refractivity contribution is 7.13. The van der Waals surface area contributed by atoms with Crippen molar-refractivity contribution in [3.05, 3.63) is 130 Å². The Morgan fingerprint density at radius 3 is 1.98 bits per heavy atom. The van der Waals surface area contributed by atoms with E-state index in [4.69, 9.17) is 14.5 Å². The summed E-state index contributed by atoms with van der Waals surface area (Å²) in [7, 11) is 1.57. The van der Waals surface area contributed by atoms with Crippen LogP contribution in [0.2, 0.25) is 0 Å². The van der Waals surface area contributed by atoms with Crippen LogP contribution in [0.25, 0.3) is 0 Å². The Morgan fingerprint density at radius 2 is 1.48 bits per heavy atom. The minimum Gasteiger partial charge on any atom is -0.458 e. The number of allylic oxidation sites excluding steroid dienone is 1. The molecule has 0 saturated carbocycles. The van der Waals surface area contributed by atoms with Crippen LogP contribution in [-0.2, 0) is 31.0 Å². The van der Waals surface area contributed by atoms with Crippen LogP contribution in [0.4, 0.5) is 5.13 Å². The van der Waals surface area contributed by atoms with Gasteiger partial charge in [0, 0.05) is 24.3 Å². The SMILES string of the molecule is COC1C=C(C)C(=O)CC(C)(C)C1OC(=O)Cc1csc(NC(c2ccccc2)(c2ccccc2)c2ccccc2)n1. The van der Waals surface area contributed by atoms with Gasteiger partial charge in [-0.25, -0.2) is 4.98 Å². The number of hydrogen-bond donors (Lipinski definition) is 1. The number of ketones is 1. The van der Waals surface area contributed by atoms with Gasteiger partial charge in [0.2, 0.25) is 0 Å². The first-order valence-electron chi connectivity index (χ1n) is 14.1. The summed E-state index contributed by atoms with van der Waals surface area (Å²) >= 11 is 1.45. The third-order valence-electron chi connectivity index (χ3n) is 7.86. The van der Waals surface area contributed by atoms with Crippen LogP contribution in [0, 0.1) is 5.41 Å². The summed E-state index contributed by atoms with van der Waals surface area (Å²) in [6.07, 6.45) is 0.933. The summed E-state index contributed by atoms with van der Waals surface area (Å²) in [6.45, 7) is 5.64. The van der Waals surface area contributed by atoms with Gasteiger partial charge in [0.25, 0.3) is 0 Å². The number of thiazole rings is 1. The zero-order chi connectivity index (χ0) is 29.7. The van der Waals surface area contributed by atoms with E-state index in [1.54, 1.807) is 20.1 Å². The number of carbonyl (C=O) groups excluding carboxylic acids is 2. The molecule has 2 atom stereocenters. The lowest BCUT2D eigenvalue weighted by Gasteiger charge is -2.36. The highest BCUT2D eigenvalue weighted by Gasteiger charge is 2.42. The lowest BCUT2D eigenvalue weighted by Crippen LogP contribution is -2.43. The molecule has 1 heterocycles. The molecule has 216 valence electrons. The Morgan fingerprint density at radius 1 is 0.952 bits per heavy atom. The topological polar surface area (TPSA) is 77.5 Å². The zero-order valence-corrected chi connectivity index (χ0v) is 25.2. The molecule has 5 rings (SSSR count). The van der Waals surface area contributed by atoms with Crippen molar-refractivity contribution >= 4 is 28.2 Å². The molecule has 0 bridgehead atoms. The van der Waals surface area contributed by atoms with Gasteiger partial charge >= 0.3 is 5.97 Å². The predicted octanol–water partition coefficient (Wildman–Crippen LogP) is 6.96. The molecule has 0 fully saturated rings. The van der Waals surface area contributed by atoms with E-state index >= 15 is 0 Å². The minimum atomic E-state index is -0.716. The van der Waals surface area contributed by atoms with Gasteiger partial charge < -0.3 is 14.8 Å². The van der Waals surface area contributed by atoms with Crippen LogP contribution in [0.5, 0.6) is 0 Å². The summed E-state index contributed by atoms with van der Waals surface area (Å²) in [6, 6.07) is 30.9. The first-order valence-corrected chi connectivity index (χ1v) is 14.9. The van der Waals surface area contributed by atoms with Crippen molar-refractivity contribution in [2.24, 2.45) is 5.41 Å². The zero-order valence-electron chi connectivity index (χ0n) is 24.4. The van der Waals surface area contributed by atoms with Gasteiger partial charge in [0.05, 0.1) is 12.1 Å². The number of nitrogens with zero attached hydrogens (tertiary/aromatic N) is 1. The molecule has 4 aromatic rings. The number of nitrogens with one attached hydrogen (secondary N) is 1. The van der Waals surface area contributed by atoms with Gasteiger partial charge in [0.15, 0.2) is 10.9 Å². The fourth-order valence-corrected chi connectivity index (χ4v) is 6.43. The molecule has 2 unspecified atom stereocenters. The second-order valence-corrected chi connectivity index (χ2v) is 12.2.